The first-order valence-electron chi connectivity index (χ1n) is 22.5. The van der Waals surface area contributed by atoms with Gasteiger partial charge in [-0.3, -0.25) is 38.8 Å². The van der Waals surface area contributed by atoms with Gasteiger partial charge in [0.15, 0.2) is 0 Å². The SMILES string of the molecule is CCOCCOCCOCCOc1ccc(C[C@H]2CN(CC(=O)OC(C)(C)C)CCN(CC(=O)OC(C)(C)C)CCN(CC(=O)OC(C)(C)C)CCN2CC(=O)OC(C)(C)C)cc1. The topological polar surface area (TPSA) is 155 Å². The highest BCUT2D eigenvalue weighted by Crippen LogP contribution is 2.19. The Morgan fingerprint density at radius 3 is 1.29 bits per heavy atom. The molecule has 0 saturated carbocycles. The molecule has 2 rings (SSSR count). The van der Waals surface area contributed by atoms with Crippen molar-refractivity contribution in [2.45, 2.75) is 125 Å². The van der Waals surface area contributed by atoms with Crippen LogP contribution in [0.5, 0.6) is 5.75 Å². The van der Waals surface area contributed by atoms with Crippen molar-refractivity contribution in [3.63, 3.8) is 0 Å². The van der Waals surface area contributed by atoms with Crippen LogP contribution >= 0.6 is 0 Å². The molecule has 1 heterocycles. The molecule has 1 aliphatic heterocycles. The summed E-state index contributed by atoms with van der Waals surface area (Å²) in [5.74, 6) is -0.818. The van der Waals surface area contributed by atoms with Gasteiger partial charge in [-0.25, -0.2) is 0 Å². The van der Waals surface area contributed by atoms with Gasteiger partial charge in [-0.1, -0.05) is 12.1 Å². The van der Waals surface area contributed by atoms with Crippen molar-refractivity contribution in [1.29, 1.82) is 0 Å². The molecule has 1 aromatic rings. The fourth-order valence-corrected chi connectivity index (χ4v) is 6.61. The van der Waals surface area contributed by atoms with E-state index in [1.165, 1.54) is 0 Å². The first kappa shape index (κ1) is 55.8. The van der Waals surface area contributed by atoms with Crippen LogP contribution in [-0.4, -0.2) is 190 Å². The lowest BCUT2D eigenvalue weighted by Crippen LogP contribution is -2.54. The summed E-state index contributed by atoms with van der Waals surface area (Å²) in [6.45, 7) is 30.3. The number of nitrogens with zero attached hydrogens (tertiary/aromatic N) is 4. The van der Waals surface area contributed by atoms with Crippen LogP contribution in [0.15, 0.2) is 24.3 Å². The molecule has 0 radical (unpaired) electrons. The Bertz CT molecular complexity index is 1500. The molecule has 0 spiro atoms. The van der Waals surface area contributed by atoms with Crippen molar-refractivity contribution in [3.05, 3.63) is 29.8 Å². The van der Waals surface area contributed by atoms with Crippen molar-refractivity contribution < 1.29 is 57.1 Å². The summed E-state index contributed by atoms with van der Waals surface area (Å²) in [6, 6.07) is 7.52. The summed E-state index contributed by atoms with van der Waals surface area (Å²) >= 11 is 0. The molecule has 0 unspecified atom stereocenters. The number of esters is 4. The van der Waals surface area contributed by atoms with Crippen LogP contribution in [0.3, 0.4) is 0 Å². The highest BCUT2D eigenvalue weighted by molar-refractivity contribution is 5.73. The van der Waals surface area contributed by atoms with Crippen molar-refractivity contribution in [3.8, 4) is 5.75 Å². The molecule has 362 valence electrons. The van der Waals surface area contributed by atoms with Gasteiger partial charge < -0.3 is 37.9 Å². The van der Waals surface area contributed by atoms with Crippen LogP contribution in [0, 0.1) is 0 Å². The summed E-state index contributed by atoms with van der Waals surface area (Å²) in [5, 5.41) is 0. The molecule has 16 heteroatoms. The number of hydrogen-bond donors (Lipinski definition) is 0. The van der Waals surface area contributed by atoms with Crippen molar-refractivity contribution in [2.75, 3.05) is 118 Å². The summed E-state index contributed by atoms with van der Waals surface area (Å²) in [4.78, 5) is 61.7. The number of carbonyl (C=O) groups excluding carboxylic acids is 4. The second-order valence-corrected chi connectivity index (χ2v) is 19.9. The molecule has 1 aliphatic rings. The first-order chi connectivity index (χ1) is 29.3. The quantitative estimate of drug-likeness (QED) is 0.0956. The molecule has 1 fully saturated rings. The van der Waals surface area contributed by atoms with Gasteiger partial charge in [0.25, 0.3) is 0 Å². The van der Waals surface area contributed by atoms with Crippen molar-refractivity contribution in [2.24, 2.45) is 0 Å². The second-order valence-electron chi connectivity index (χ2n) is 19.9. The van der Waals surface area contributed by atoms with Crippen LogP contribution in [0.4, 0.5) is 0 Å². The fraction of sp³-hybridized carbons (Fsp3) is 0.787. The maximum Gasteiger partial charge on any atom is 0.320 e. The summed E-state index contributed by atoms with van der Waals surface area (Å²) < 4.78 is 45.5. The van der Waals surface area contributed by atoms with Gasteiger partial charge >= 0.3 is 23.9 Å². The number of ether oxygens (including phenoxy) is 8. The average molecular weight is 895 g/mol. The van der Waals surface area contributed by atoms with E-state index in [1.54, 1.807) is 0 Å². The van der Waals surface area contributed by atoms with E-state index < -0.39 is 22.4 Å². The van der Waals surface area contributed by atoms with E-state index >= 15 is 0 Å². The van der Waals surface area contributed by atoms with Crippen molar-refractivity contribution in [1.82, 2.24) is 19.6 Å². The van der Waals surface area contributed by atoms with Crippen LogP contribution < -0.4 is 4.74 Å². The monoisotopic (exact) mass is 895 g/mol. The van der Waals surface area contributed by atoms with Crippen LogP contribution in [0.1, 0.15) is 95.6 Å². The number of hydrogen-bond acceptors (Lipinski definition) is 16. The Hall–Kier alpha value is -3.38. The van der Waals surface area contributed by atoms with E-state index in [1.807, 2.05) is 129 Å². The molecule has 0 aromatic heterocycles. The third-order valence-corrected chi connectivity index (χ3v) is 9.06. The predicted molar refractivity (Wildman–Crippen MR) is 242 cm³/mol. The van der Waals surface area contributed by atoms with Crippen LogP contribution in [0.2, 0.25) is 0 Å². The molecule has 1 atom stereocenters. The molecule has 0 aliphatic carbocycles. The van der Waals surface area contributed by atoms with Crippen LogP contribution in [0.25, 0.3) is 0 Å². The highest BCUT2D eigenvalue weighted by Gasteiger charge is 2.31. The summed E-state index contributed by atoms with van der Waals surface area (Å²) in [5.41, 5.74) is -1.76. The Kier molecular flexibility index (Phi) is 24.1. The Morgan fingerprint density at radius 2 is 0.857 bits per heavy atom. The first-order valence-corrected chi connectivity index (χ1v) is 22.5. The maximum absolute atomic E-state index is 13.6. The summed E-state index contributed by atoms with van der Waals surface area (Å²) in [7, 11) is 0. The number of carbonyl (C=O) groups is 4. The molecule has 0 amide bonds. The van der Waals surface area contributed by atoms with Gasteiger partial charge in [0.2, 0.25) is 0 Å². The van der Waals surface area contributed by atoms with E-state index in [0.717, 1.165) is 5.56 Å². The average Bonchev–Trinajstić information content (AvgIpc) is 3.11. The van der Waals surface area contributed by atoms with E-state index in [2.05, 4.69) is 4.90 Å². The lowest BCUT2D eigenvalue weighted by atomic mass is 10.0. The third kappa shape index (κ3) is 28.2. The minimum Gasteiger partial charge on any atom is -0.491 e. The molecule has 0 N–H and O–H groups in total. The molecule has 0 bridgehead atoms. The molecule has 1 aromatic carbocycles. The Labute approximate surface area is 378 Å². The molecular weight excluding hydrogens is 813 g/mol. The zero-order valence-corrected chi connectivity index (χ0v) is 41.0. The lowest BCUT2D eigenvalue weighted by Gasteiger charge is -2.39. The fourth-order valence-electron chi connectivity index (χ4n) is 6.61. The van der Waals surface area contributed by atoms with Crippen molar-refractivity contribution >= 4 is 23.9 Å². The van der Waals surface area contributed by atoms with Gasteiger partial charge in [0, 0.05) is 58.5 Å². The van der Waals surface area contributed by atoms with E-state index in [-0.39, 0.29) is 56.1 Å². The second kappa shape index (κ2) is 27.2. The predicted octanol–water partition coefficient (Wildman–Crippen LogP) is 4.63. The van der Waals surface area contributed by atoms with E-state index in [4.69, 9.17) is 37.9 Å². The third-order valence-electron chi connectivity index (χ3n) is 9.06. The maximum atomic E-state index is 13.6. The lowest BCUT2D eigenvalue weighted by molar-refractivity contribution is -0.160. The molecule has 63 heavy (non-hydrogen) atoms. The number of benzene rings is 1. The minimum absolute atomic E-state index is 0.00661. The number of rotatable bonds is 21. The van der Waals surface area contributed by atoms with Gasteiger partial charge in [-0.15, -0.1) is 0 Å². The Morgan fingerprint density at radius 1 is 0.492 bits per heavy atom. The molecule has 1 saturated heterocycles. The van der Waals surface area contributed by atoms with E-state index in [9.17, 15) is 19.2 Å². The minimum atomic E-state index is -0.708. The highest BCUT2D eigenvalue weighted by atomic mass is 16.6. The smallest absolute Gasteiger partial charge is 0.320 e. The van der Waals surface area contributed by atoms with E-state index in [0.29, 0.717) is 104 Å². The molecule has 16 nitrogen and oxygen atoms in total. The zero-order valence-electron chi connectivity index (χ0n) is 41.0. The summed E-state index contributed by atoms with van der Waals surface area (Å²) in [6.07, 6.45) is 0.508. The zero-order chi connectivity index (χ0) is 47.3. The normalized spacial score (nSPS) is 17.3. The standard InChI is InChI=1S/C47H82N4O12/c1-14-56-25-26-57-27-28-58-29-30-59-39-17-15-37(16-18-39)31-38-32-50(35-42(54)62-46(8,9)10)22-21-48(33-40(52)60-44(2,3)4)19-20-49(34-41(53)61-45(5,6)7)23-24-51(38)36-43(55)63-47(11,12)13/h15-18,38H,14,19-36H2,1-13H3/t38-/m0/s1. The van der Waals surface area contributed by atoms with Crippen LogP contribution in [-0.2, 0) is 58.8 Å². The van der Waals surface area contributed by atoms with Gasteiger partial charge in [-0.05, 0) is 114 Å². The largest absolute Gasteiger partial charge is 0.491 e. The van der Waals surface area contributed by atoms with Gasteiger partial charge in [-0.2, -0.15) is 0 Å². The van der Waals surface area contributed by atoms with Gasteiger partial charge in [0.05, 0.1) is 59.2 Å². The Balaban J connectivity index is 2.47. The molecular formula is C47H82N4O12. The van der Waals surface area contributed by atoms with Gasteiger partial charge in [0.1, 0.15) is 34.8 Å².